The highest BCUT2D eigenvalue weighted by Gasteiger charge is 2.35. The van der Waals surface area contributed by atoms with Crippen molar-refractivity contribution in [3.05, 3.63) is 48.0 Å². The lowest BCUT2D eigenvalue weighted by Crippen LogP contribution is -2.46. The third kappa shape index (κ3) is 5.17. The molecule has 1 aliphatic heterocycles. The summed E-state index contributed by atoms with van der Waals surface area (Å²) in [7, 11) is 0. The van der Waals surface area contributed by atoms with Crippen LogP contribution in [0.4, 0.5) is 4.79 Å². The molecule has 0 unspecified atom stereocenters. The van der Waals surface area contributed by atoms with Crippen LogP contribution in [-0.2, 0) is 30.4 Å². The molecule has 138 valence electrons. The molecule has 0 saturated carbocycles. The number of aryl methyl sites for hydroxylation is 1. The van der Waals surface area contributed by atoms with E-state index < -0.39 is 29.9 Å². The number of imide groups is 1. The maximum absolute atomic E-state index is 12.4. The normalized spacial score (nSPS) is 14.7. The van der Waals surface area contributed by atoms with E-state index in [0.29, 0.717) is 5.06 Å². The van der Waals surface area contributed by atoms with Gasteiger partial charge in [0.05, 0.1) is 0 Å². The second-order valence-corrected chi connectivity index (χ2v) is 5.77. The van der Waals surface area contributed by atoms with Gasteiger partial charge < -0.3 is 14.9 Å². The average Bonchev–Trinajstić information content (AvgIpc) is 2.93. The maximum Gasteiger partial charge on any atom is 0.408 e. The summed E-state index contributed by atoms with van der Waals surface area (Å²) in [6.45, 7) is 5.32. The number of benzene rings is 1. The summed E-state index contributed by atoms with van der Waals surface area (Å²) in [5.41, 5.74) is 1.81. The second-order valence-electron chi connectivity index (χ2n) is 5.77. The van der Waals surface area contributed by atoms with E-state index in [0.717, 1.165) is 11.1 Å². The average molecular weight is 360 g/mol. The molecule has 2 rings (SSSR count). The van der Waals surface area contributed by atoms with Crippen LogP contribution in [0.25, 0.3) is 0 Å². The van der Waals surface area contributed by atoms with Crippen molar-refractivity contribution in [2.24, 2.45) is 0 Å². The molecule has 1 fully saturated rings. The minimum atomic E-state index is -1.13. The zero-order valence-electron chi connectivity index (χ0n) is 14.4. The van der Waals surface area contributed by atoms with Gasteiger partial charge in [-0.1, -0.05) is 42.5 Å². The van der Waals surface area contributed by atoms with Crippen molar-refractivity contribution >= 4 is 23.9 Å². The lowest BCUT2D eigenvalue weighted by atomic mass is 10.0. The Morgan fingerprint density at radius 2 is 1.85 bits per heavy atom. The largest absolute Gasteiger partial charge is 0.445 e. The van der Waals surface area contributed by atoms with Crippen molar-refractivity contribution in [3.63, 3.8) is 0 Å². The van der Waals surface area contributed by atoms with E-state index in [-0.39, 0.29) is 25.9 Å². The SMILES string of the molecule is C=CCOC(=O)N[C@@H](Cc1ccc(C)cc1)C(=O)ON1C(=O)CCC1=O. The number of nitrogens with one attached hydrogen (secondary N) is 1. The molecule has 3 amide bonds. The summed E-state index contributed by atoms with van der Waals surface area (Å²) in [5.74, 6) is -2.11. The Hall–Kier alpha value is -3.16. The molecule has 1 saturated heterocycles. The van der Waals surface area contributed by atoms with Gasteiger partial charge in [-0.25, -0.2) is 9.59 Å². The quantitative estimate of drug-likeness (QED) is 0.583. The number of amides is 3. The van der Waals surface area contributed by atoms with Crippen LogP contribution in [0.15, 0.2) is 36.9 Å². The predicted octanol–water partition coefficient (Wildman–Crippen LogP) is 1.43. The van der Waals surface area contributed by atoms with Crippen LogP contribution in [0, 0.1) is 6.92 Å². The molecule has 1 heterocycles. The van der Waals surface area contributed by atoms with Crippen LogP contribution in [0.3, 0.4) is 0 Å². The van der Waals surface area contributed by atoms with Crippen LogP contribution in [0.5, 0.6) is 0 Å². The molecule has 0 aromatic heterocycles. The highest BCUT2D eigenvalue weighted by molar-refractivity contribution is 6.01. The first-order valence-corrected chi connectivity index (χ1v) is 8.08. The van der Waals surface area contributed by atoms with Gasteiger partial charge >= 0.3 is 12.1 Å². The summed E-state index contributed by atoms with van der Waals surface area (Å²) in [4.78, 5) is 52.3. The van der Waals surface area contributed by atoms with Crippen LogP contribution in [0.2, 0.25) is 0 Å². The molecule has 8 nitrogen and oxygen atoms in total. The van der Waals surface area contributed by atoms with E-state index >= 15 is 0 Å². The fourth-order valence-electron chi connectivity index (χ4n) is 2.28. The highest BCUT2D eigenvalue weighted by Crippen LogP contribution is 2.14. The molecule has 1 N–H and O–H groups in total. The van der Waals surface area contributed by atoms with Crippen molar-refractivity contribution in [1.82, 2.24) is 10.4 Å². The Kier molecular flexibility index (Phi) is 6.48. The summed E-state index contributed by atoms with van der Waals surface area (Å²) < 4.78 is 4.82. The van der Waals surface area contributed by atoms with E-state index in [4.69, 9.17) is 9.57 Å². The van der Waals surface area contributed by atoms with Crippen molar-refractivity contribution in [3.8, 4) is 0 Å². The summed E-state index contributed by atoms with van der Waals surface area (Å²) in [6, 6.07) is 6.20. The monoisotopic (exact) mass is 360 g/mol. The van der Waals surface area contributed by atoms with Gasteiger partial charge in [0.25, 0.3) is 11.8 Å². The van der Waals surface area contributed by atoms with Crippen molar-refractivity contribution in [1.29, 1.82) is 0 Å². The van der Waals surface area contributed by atoms with Crippen LogP contribution < -0.4 is 5.32 Å². The lowest BCUT2D eigenvalue weighted by Gasteiger charge is -2.20. The Labute approximate surface area is 150 Å². The molecule has 0 bridgehead atoms. The molecular formula is C18H20N2O6. The zero-order valence-corrected chi connectivity index (χ0v) is 14.4. The molecule has 1 aromatic carbocycles. The topological polar surface area (TPSA) is 102 Å². The fourth-order valence-corrected chi connectivity index (χ4v) is 2.28. The lowest BCUT2D eigenvalue weighted by molar-refractivity contribution is -0.198. The van der Waals surface area contributed by atoms with Crippen LogP contribution in [-0.4, -0.2) is 41.6 Å². The van der Waals surface area contributed by atoms with Crippen molar-refractivity contribution in [2.45, 2.75) is 32.2 Å². The van der Waals surface area contributed by atoms with Gasteiger partial charge in [0, 0.05) is 19.3 Å². The van der Waals surface area contributed by atoms with Crippen LogP contribution in [0.1, 0.15) is 24.0 Å². The standard InChI is InChI=1S/C18H20N2O6/c1-3-10-25-18(24)19-14(11-13-6-4-12(2)5-7-13)17(23)26-20-15(21)8-9-16(20)22/h3-7,14H,1,8-11H2,2H3,(H,19,24)/t14-/m0/s1. The molecule has 0 radical (unpaired) electrons. The van der Waals surface area contributed by atoms with E-state index in [2.05, 4.69) is 11.9 Å². The predicted molar refractivity (Wildman–Crippen MR) is 90.5 cm³/mol. The number of hydroxylamine groups is 2. The summed E-state index contributed by atoms with van der Waals surface area (Å²) >= 11 is 0. The number of hydrogen-bond acceptors (Lipinski definition) is 6. The molecule has 0 spiro atoms. The minimum absolute atomic E-state index is 0.0104. The van der Waals surface area contributed by atoms with Gasteiger partial charge in [-0.15, -0.1) is 5.06 Å². The smallest absolute Gasteiger partial charge is 0.408 e. The maximum atomic E-state index is 12.4. The first-order chi connectivity index (χ1) is 12.4. The number of carbonyl (C=O) groups excluding carboxylic acids is 4. The molecule has 0 aliphatic carbocycles. The second kappa shape index (κ2) is 8.80. The number of carbonyl (C=O) groups is 4. The fraction of sp³-hybridized carbons (Fsp3) is 0.333. The Balaban J connectivity index is 2.09. The Bertz CT molecular complexity index is 697. The molecule has 1 aromatic rings. The molecule has 1 atom stereocenters. The minimum Gasteiger partial charge on any atom is -0.445 e. The van der Waals surface area contributed by atoms with E-state index in [1.54, 1.807) is 12.1 Å². The van der Waals surface area contributed by atoms with Gasteiger partial charge in [0.15, 0.2) is 0 Å². The zero-order chi connectivity index (χ0) is 19.1. The third-order valence-corrected chi connectivity index (χ3v) is 3.66. The highest BCUT2D eigenvalue weighted by atomic mass is 16.7. The number of ether oxygens (including phenoxy) is 1. The molecular weight excluding hydrogens is 340 g/mol. The van der Waals surface area contributed by atoms with Gasteiger partial charge in [0.2, 0.25) is 0 Å². The van der Waals surface area contributed by atoms with E-state index in [9.17, 15) is 19.2 Å². The van der Waals surface area contributed by atoms with Gasteiger partial charge in [0.1, 0.15) is 12.6 Å². The number of nitrogens with zero attached hydrogens (tertiary/aromatic N) is 1. The number of rotatable bonds is 7. The summed E-state index contributed by atoms with van der Waals surface area (Å²) in [6.07, 6.45) is 0.637. The first-order valence-electron chi connectivity index (χ1n) is 8.08. The summed E-state index contributed by atoms with van der Waals surface area (Å²) in [5, 5.41) is 2.83. The van der Waals surface area contributed by atoms with Crippen molar-refractivity contribution in [2.75, 3.05) is 6.61 Å². The van der Waals surface area contributed by atoms with Gasteiger partial charge in [-0.05, 0) is 12.5 Å². The Morgan fingerprint density at radius 3 is 2.42 bits per heavy atom. The third-order valence-electron chi connectivity index (χ3n) is 3.66. The van der Waals surface area contributed by atoms with Gasteiger partial charge in [-0.2, -0.15) is 0 Å². The van der Waals surface area contributed by atoms with E-state index in [1.807, 2.05) is 19.1 Å². The number of alkyl carbamates (subject to hydrolysis) is 1. The molecule has 1 aliphatic rings. The molecule has 8 heteroatoms. The van der Waals surface area contributed by atoms with Crippen LogP contribution >= 0.6 is 0 Å². The molecule has 26 heavy (non-hydrogen) atoms. The van der Waals surface area contributed by atoms with Crippen molar-refractivity contribution < 1.29 is 28.8 Å². The Morgan fingerprint density at radius 1 is 1.23 bits per heavy atom. The van der Waals surface area contributed by atoms with Gasteiger partial charge in [-0.3, -0.25) is 9.59 Å². The van der Waals surface area contributed by atoms with E-state index in [1.165, 1.54) is 6.08 Å². The first kappa shape index (κ1) is 19.2. The number of hydrogen-bond donors (Lipinski definition) is 1.